The number of anilines is 1. The molecule has 212 valence electrons. The van der Waals surface area contributed by atoms with Crippen molar-refractivity contribution in [3.05, 3.63) is 94.0 Å². The lowest BCUT2D eigenvalue weighted by atomic mass is 10.0. The Hall–Kier alpha value is -3.07. The fraction of sp³-hybridized carbons (Fsp3) is 0.333. The molecule has 1 aliphatic heterocycles. The molecule has 1 heterocycles. The molecule has 0 radical (unpaired) electrons. The fourth-order valence-electron chi connectivity index (χ4n) is 5.07. The van der Waals surface area contributed by atoms with Gasteiger partial charge in [0, 0.05) is 37.1 Å². The smallest absolute Gasteiger partial charge is 0.264 e. The topological polar surface area (TPSA) is 78.0 Å². The summed E-state index contributed by atoms with van der Waals surface area (Å²) in [6, 6.07) is 19.7. The van der Waals surface area contributed by atoms with E-state index in [1.807, 2.05) is 49.1 Å². The summed E-state index contributed by atoms with van der Waals surface area (Å²) in [5.74, 6) is -0.374. The van der Waals surface area contributed by atoms with Crippen molar-refractivity contribution in [3.8, 4) is 0 Å². The van der Waals surface area contributed by atoms with Crippen molar-refractivity contribution in [1.29, 1.82) is 0 Å². The van der Waals surface area contributed by atoms with Crippen LogP contribution in [-0.2, 0) is 21.4 Å². The lowest BCUT2D eigenvalue weighted by molar-refractivity contribution is -0.135. The van der Waals surface area contributed by atoms with E-state index < -0.39 is 10.0 Å². The summed E-state index contributed by atoms with van der Waals surface area (Å²) in [5, 5.41) is 0.655. The van der Waals surface area contributed by atoms with Crippen LogP contribution in [0.5, 0.6) is 0 Å². The average Bonchev–Trinajstić information content (AvgIpc) is 2.96. The van der Waals surface area contributed by atoms with Crippen molar-refractivity contribution in [2.75, 3.05) is 17.4 Å². The number of halogens is 2. The quantitative estimate of drug-likeness (QED) is 0.306. The number of hydrogen-bond acceptors (Lipinski definition) is 4. The van der Waals surface area contributed by atoms with E-state index in [4.69, 9.17) is 23.2 Å². The molecule has 1 fully saturated rings. The molecule has 2 atom stereocenters. The lowest BCUT2D eigenvalue weighted by Gasteiger charge is -2.46. The van der Waals surface area contributed by atoms with Gasteiger partial charge in [-0.1, -0.05) is 67.4 Å². The Morgan fingerprint density at radius 3 is 2.08 bits per heavy atom. The summed E-state index contributed by atoms with van der Waals surface area (Å²) in [6.07, 6.45) is 1.33. The summed E-state index contributed by atoms with van der Waals surface area (Å²) >= 11 is 12.6. The summed E-state index contributed by atoms with van der Waals surface area (Å²) < 4.78 is 29.5. The van der Waals surface area contributed by atoms with Gasteiger partial charge >= 0.3 is 0 Å². The molecule has 1 saturated heterocycles. The maximum Gasteiger partial charge on any atom is 0.264 e. The lowest BCUT2D eigenvalue weighted by Crippen LogP contribution is -2.60. The van der Waals surface area contributed by atoms with Gasteiger partial charge in [-0.25, -0.2) is 8.42 Å². The molecule has 1 aliphatic rings. The maximum atomic E-state index is 14.1. The van der Waals surface area contributed by atoms with E-state index in [2.05, 4.69) is 0 Å². The van der Waals surface area contributed by atoms with Gasteiger partial charge in [-0.15, -0.1) is 0 Å². The van der Waals surface area contributed by atoms with Gasteiger partial charge in [-0.3, -0.25) is 13.9 Å². The number of nitrogens with zero attached hydrogens (tertiary/aromatic N) is 3. The number of carbonyl (C=O) groups is 2. The maximum absolute atomic E-state index is 14.1. The number of carbonyl (C=O) groups excluding carboxylic acids is 2. The molecule has 3 aromatic rings. The predicted octanol–water partition coefficient (Wildman–Crippen LogP) is 6.25. The normalized spacial score (nSPS) is 17.5. The Morgan fingerprint density at radius 1 is 0.875 bits per heavy atom. The van der Waals surface area contributed by atoms with Crippen LogP contribution in [-0.4, -0.2) is 55.2 Å². The highest BCUT2D eigenvalue weighted by atomic mass is 35.5. The molecule has 0 spiro atoms. The van der Waals surface area contributed by atoms with Crippen LogP contribution in [0.1, 0.15) is 49.5 Å². The van der Waals surface area contributed by atoms with Crippen LogP contribution >= 0.6 is 23.2 Å². The minimum atomic E-state index is -4.12. The van der Waals surface area contributed by atoms with Crippen molar-refractivity contribution < 1.29 is 18.0 Å². The monoisotopic (exact) mass is 601 g/mol. The van der Waals surface area contributed by atoms with Crippen molar-refractivity contribution >= 4 is 50.7 Å². The third-order valence-electron chi connectivity index (χ3n) is 7.34. The van der Waals surface area contributed by atoms with Gasteiger partial charge in [0.15, 0.2) is 0 Å². The van der Waals surface area contributed by atoms with Crippen LogP contribution < -0.4 is 4.31 Å². The molecule has 0 N–H and O–H groups in total. The molecule has 4 rings (SSSR count). The van der Waals surface area contributed by atoms with Crippen LogP contribution in [0.15, 0.2) is 77.7 Å². The molecule has 3 aromatic carbocycles. The Balaban J connectivity index is 1.73. The predicted molar refractivity (Wildman–Crippen MR) is 159 cm³/mol. The van der Waals surface area contributed by atoms with Crippen molar-refractivity contribution in [3.63, 3.8) is 0 Å². The van der Waals surface area contributed by atoms with Crippen LogP contribution in [0, 0.1) is 0 Å². The first kappa shape index (κ1) is 29.9. The molecule has 0 saturated carbocycles. The number of amides is 2. The zero-order valence-electron chi connectivity index (χ0n) is 22.8. The molecular weight excluding hydrogens is 569 g/mol. The van der Waals surface area contributed by atoms with E-state index in [1.165, 1.54) is 22.5 Å². The molecule has 0 aliphatic carbocycles. The Bertz CT molecular complexity index is 1470. The van der Waals surface area contributed by atoms with E-state index in [0.717, 1.165) is 5.56 Å². The van der Waals surface area contributed by atoms with Crippen LogP contribution in [0.4, 0.5) is 5.69 Å². The third kappa shape index (κ3) is 6.29. The zero-order valence-corrected chi connectivity index (χ0v) is 25.1. The first-order valence-electron chi connectivity index (χ1n) is 13.3. The third-order valence-corrected chi connectivity index (χ3v) is 9.70. The van der Waals surface area contributed by atoms with Gasteiger partial charge in [0.25, 0.3) is 15.9 Å². The van der Waals surface area contributed by atoms with Gasteiger partial charge in [0.1, 0.15) is 0 Å². The summed E-state index contributed by atoms with van der Waals surface area (Å²) in [7, 11) is -4.12. The summed E-state index contributed by atoms with van der Waals surface area (Å²) in [5.41, 5.74) is 1.35. The van der Waals surface area contributed by atoms with E-state index in [-0.39, 0.29) is 45.9 Å². The Labute approximate surface area is 246 Å². The van der Waals surface area contributed by atoms with Crippen LogP contribution in [0.3, 0.4) is 0 Å². The summed E-state index contributed by atoms with van der Waals surface area (Å²) in [4.78, 5) is 29.6. The number of sulfonamides is 1. The van der Waals surface area contributed by atoms with Gasteiger partial charge in [-0.2, -0.15) is 0 Å². The molecule has 0 bridgehead atoms. The molecule has 0 aromatic heterocycles. The standard InChI is InChI=1S/C30H33Cl2N3O4S/c1-4-24-20-34(25(5-2)19-33(24)21(3)36)30(37)28-17-27(15-16-29(28)32)40(38,39)35(18-22-9-7-6-8-10-22)26-13-11-23(31)12-14-26/h6-17,24-25H,4-5,18-20H2,1-3H3. The van der Waals surface area contributed by atoms with E-state index in [1.54, 1.807) is 36.1 Å². The van der Waals surface area contributed by atoms with Gasteiger partial charge in [0.2, 0.25) is 5.91 Å². The molecule has 2 amide bonds. The number of benzene rings is 3. The summed E-state index contributed by atoms with van der Waals surface area (Å²) in [6.45, 7) is 6.35. The Morgan fingerprint density at radius 2 is 1.48 bits per heavy atom. The first-order chi connectivity index (χ1) is 19.1. The van der Waals surface area contributed by atoms with Crippen molar-refractivity contribution in [2.45, 2.75) is 57.1 Å². The highest BCUT2D eigenvalue weighted by Crippen LogP contribution is 2.31. The number of piperazine rings is 1. The largest absolute Gasteiger partial charge is 0.336 e. The number of hydrogen-bond donors (Lipinski definition) is 0. The highest BCUT2D eigenvalue weighted by molar-refractivity contribution is 7.92. The molecule has 40 heavy (non-hydrogen) atoms. The number of rotatable bonds is 8. The zero-order chi connectivity index (χ0) is 29.0. The van der Waals surface area contributed by atoms with Gasteiger partial charge in [0.05, 0.1) is 27.7 Å². The molecule has 7 nitrogen and oxygen atoms in total. The minimum Gasteiger partial charge on any atom is -0.336 e. The molecule has 10 heteroatoms. The highest BCUT2D eigenvalue weighted by Gasteiger charge is 2.37. The van der Waals surface area contributed by atoms with Crippen molar-refractivity contribution in [2.24, 2.45) is 0 Å². The van der Waals surface area contributed by atoms with E-state index >= 15 is 0 Å². The second-order valence-electron chi connectivity index (χ2n) is 9.87. The average molecular weight is 603 g/mol. The second kappa shape index (κ2) is 12.6. The van der Waals surface area contributed by atoms with Gasteiger partial charge < -0.3 is 9.80 Å². The van der Waals surface area contributed by atoms with Crippen LogP contribution in [0.25, 0.3) is 0 Å². The molecule has 2 unspecified atom stereocenters. The fourth-order valence-corrected chi connectivity index (χ4v) is 6.87. The first-order valence-corrected chi connectivity index (χ1v) is 15.5. The van der Waals surface area contributed by atoms with Gasteiger partial charge in [-0.05, 0) is 60.9 Å². The minimum absolute atomic E-state index is 0.0239. The molecular formula is C30H33Cl2N3O4S. The van der Waals surface area contributed by atoms with Crippen molar-refractivity contribution in [1.82, 2.24) is 9.80 Å². The van der Waals surface area contributed by atoms with Crippen LogP contribution in [0.2, 0.25) is 10.0 Å². The van der Waals surface area contributed by atoms with E-state index in [0.29, 0.717) is 36.6 Å². The Kier molecular flexibility index (Phi) is 9.44. The SMILES string of the molecule is CCC1CN(C(=O)c2cc(S(=O)(=O)N(Cc3ccccc3)c3ccc(Cl)cc3)ccc2Cl)C(CC)CN1C(C)=O. The van der Waals surface area contributed by atoms with E-state index in [9.17, 15) is 18.0 Å². The second-order valence-corrected chi connectivity index (χ2v) is 12.6.